The lowest BCUT2D eigenvalue weighted by Gasteiger charge is -2.26. The maximum absolute atomic E-state index is 12.0. The van der Waals surface area contributed by atoms with Crippen LogP contribution >= 0.6 is 0 Å². The lowest BCUT2D eigenvalue weighted by Crippen LogP contribution is -2.34. The van der Waals surface area contributed by atoms with Crippen molar-refractivity contribution in [2.75, 3.05) is 26.4 Å². The lowest BCUT2D eigenvalue weighted by atomic mass is 9.79. The summed E-state index contributed by atoms with van der Waals surface area (Å²) < 4.78 is 19.9. The molecule has 0 amide bonds. The van der Waals surface area contributed by atoms with Gasteiger partial charge in [0, 0.05) is 5.57 Å². The van der Waals surface area contributed by atoms with Crippen molar-refractivity contribution in [1.82, 2.24) is 0 Å². The van der Waals surface area contributed by atoms with Gasteiger partial charge in [-0.25, -0.2) is 4.79 Å². The molecular weight excluding hydrogens is 600 g/mol. The summed E-state index contributed by atoms with van der Waals surface area (Å²) in [6, 6.07) is 0. The van der Waals surface area contributed by atoms with Crippen LogP contribution in [0.2, 0.25) is 0 Å². The molecule has 266 valence electrons. The molecule has 0 spiro atoms. The first-order chi connectivity index (χ1) is 21.1. The Bertz CT molecular complexity index is 1030. The van der Waals surface area contributed by atoms with Gasteiger partial charge in [-0.15, -0.1) is 0 Å². The summed E-state index contributed by atoms with van der Waals surface area (Å²) >= 11 is 0. The van der Waals surface area contributed by atoms with E-state index in [1.54, 1.807) is 34.6 Å². The van der Waals surface area contributed by atoms with Gasteiger partial charge in [0.25, 0.3) is 0 Å². The number of carbonyl (C=O) groups is 6. The van der Waals surface area contributed by atoms with Crippen molar-refractivity contribution in [3.05, 3.63) is 12.2 Å². The quantitative estimate of drug-likeness (QED) is 0.0909. The fraction of sp³-hybridized carbons (Fsp3) is 0.765. The fourth-order valence-corrected chi connectivity index (χ4v) is 3.31. The van der Waals surface area contributed by atoms with Crippen molar-refractivity contribution < 1.29 is 57.9 Å². The van der Waals surface area contributed by atoms with Crippen LogP contribution < -0.4 is 0 Å². The number of esters is 4. The molecule has 0 aromatic heterocycles. The average molecular weight is 659 g/mol. The maximum Gasteiger partial charge on any atom is 0.333 e. The second-order valence-corrected chi connectivity index (χ2v) is 13.2. The standard InChI is InChI=1S/C16H26O6.C12H20O4.C6H12O2/c1-4-16(2,3)15(20)22-10-9-21-14(19)12-8-6-5-7-11(12)13(17)18;1-6-12(4,5)11(14)16-8-7-15-10(13)9(2)3;1-4-6(2,3)5(7)8/h11-12H,4-10H2,1-3H3,(H,17,18);2,6-8H2,1,3-5H3;4H2,1-3H3,(H,7,8). The highest BCUT2D eigenvalue weighted by Gasteiger charge is 2.37. The van der Waals surface area contributed by atoms with E-state index in [1.165, 1.54) is 0 Å². The smallest absolute Gasteiger partial charge is 0.333 e. The van der Waals surface area contributed by atoms with E-state index in [0.29, 0.717) is 37.7 Å². The maximum atomic E-state index is 12.0. The Labute approximate surface area is 274 Å². The first-order valence-electron chi connectivity index (χ1n) is 15.9. The van der Waals surface area contributed by atoms with E-state index in [-0.39, 0.29) is 38.4 Å². The van der Waals surface area contributed by atoms with Gasteiger partial charge >= 0.3 is 35.8 Å². The zero-order valence-electron chi connectivity index (χ0n) is 29.6. The van der Waals surface area contributed by atoms with E-state index < -0.39 is 52.0 Å². The molecule has 0 radical (unpaired) electrons. The van der Waals surface area contributed by atoms with Crippen LogP contribution in [0, 0.1) is 28.1 Å². The van der Waals surface area contributed by atoms with E-state index in [0.717, 1.165) is 12.8 Å². The van der Waals surface area contributed by atoms with Gasteiger partial charge in [-0.05, 0) is 80.6 Å². The molecule has 12 heteroatoms. The van der Waals surface area contributed by atoms with Crippen LogP contribution in [0.15, 0.2) is 12.2 Å². The number of carboxylic acid groups (broad SMARTS) is 2. The van der Waals surface area contributed by atoms with Gasteiger partial charge in [-0.3, -0.25) is 24.0 Å². The van der Waals surface area contributed by atoms with Crippen LogP contribution in [0.5, 0.6) is 0 Å². The summed E-state index contributed by atoms with van der Waals surface area (Å²) in [5, 5.41) is 17.6. The number of rotatable bonds is 15. The summed E-state index contributed by atoms with van der Waals surface area (Å²) in [5.41, 5.74) is -1.25. The highest BCUT2D eigenvalue weighted by atomic mass is 16.6. The van der Waals surface area contributed by atoms with Gasteiger partial charge in [0.15, 0.2) is 0 Å². The van der Waals surface area contributed by atoms with Crippen molar-refractivity contribution in [1.29, 1.82) is 0 Å². The largest absolute Gasteiger partial charge is 0.481 e. The number of hydrogen-bond acceptors (Lipinski definition) is 10. The molecule has 0 saturated heterocycles. The highest BCUT2D eigenvalue weighted by molar-refractivity contribution is 5.87. The van der Waals surface area contributed by atoms with Crippen molar-refractivity contribution >= 4 is 35.8 Å². The molecule has 2 unspecified atom stereocenters. The minimum Gasteiger partial charge on any atom is -0.481 e. The predicted molar refractivity (Wildman–Crippen MR) is 172 cm³/mol. The van der Waals surface area contributed by atoms with Crippen LogP contribution in [-0.2, 0) is 47.7 Å². The first-order valence-corrected chi connectivity index (χ1v) is 15.9. The van der Waals surface area contributed by atoms with Crippen LogP contribution in [0.1, 0.15) is 114 Å². The number of carbonyl (C=O) groups excluding carboxylic acids is 4. The molecule has 0 aliphatic heterocycles. The van der Waals surface area contributed by atoms with Gasteiger partial charge < -0.3 is 29.2 Å². The van der Waals surface area contributed by atoms with E-state index in [1.807, 2.05) is 34.6 Å². The van der Waals surface area contributed by atoms with Gasteiger partial charge in [0.05, 0.1) is 28.1 Å². The Kier molecular flexibility index (Phi) is 20.8. The molecule has 12 nitrogen and oxygen atoms in total. The second kappa shape index (κ2) is 21.4. The van der Waals surface area contributed by atoms with Crippen molar-refractivity contribution in [2.45, 2.75) is 114 Å². The Hall–Kier alpha value is -3.44. The summed E-state index contributed by atoms with van der Waals surface area (Å²) in [6.45, 7) is 21.5. The Morgan fingerprint density at radius 2 is 1.00 bits per heavy atom. The lowest BCUT2D eigenvalue weighted by molar-refractivity contribution is -0.164. The molecule has 1 fully saturated rings. The molecule has 46 heavy (non-hydrogen) atoms. The van der Waals surface area contributed by atoms with E-state index in [9.17, 15) is 28.8 Å². The average Bonchev–Trinajstić information content (AvgIpc) is 3.01. The topological polar surface area (TPSA) is 180 Å². The normalized spacial score (nSPS) is 16.2. The zero-order valence-corrected chi connectivity index (χ0v) is 29.6. The molecule has 1 aliphatic rings. The van der Waals surface area contributed by atoms with Gasteiger partial charge in [-0.2, -0.15) is 0 Å². The number of ether oxygens (including phenoxy) is 4. The Balaban J connectivity index is 0. The van der Waals surface area contributed by atoms with E-state index >= 15 is 0 Å². The third-order valence-corrected chi connectivity index (χ3v) is 8.18. The van der Waals surface area contributed by atoms with E-state index in [4.69, 9.17) is 29.2 Å². The van der Waals surface area contributed by atoms with Crippen LogP contribution in [0.25, 0.3) is 0 Å². The predicted octanol–water partition coefficient (Wildman–Crippen LogP) is 5.99. The zero-order chi connectivity index (χ0) is 36.3. The minimum absolute atomic E-state index is 0.00153. The van der Waals surface area contributed by atoms with Gasteiger partial charge in [0.1, 0.15) is 26.4 Å². The van der Waals surface area contributed by atoms with Gasteiger partial charge in [-0.1, -0.05) is 40.2 Å². The molecule has 0 aromatic rings. The molecule has 1 aliphatic carbocycles. The second-order valence-electron chi connectivity index (χ2n) is 13.2. The van der Waals surface area contributed by atoms with Crippen molar-refractivity contribution in [3.8, 4) is 0 Å². The van der Waals surface area contributed by atoms with Crippen LogP contribution in [0.4, 0.5) is 0 Å². The van der Waals surface area contributed by atoms with E-state index in [2.05, 4.69) is 6.58 Å². The molecule has 0 heterocycles. The number of aliphatic carboxylic acids is 2. The minimum atomic E-state index is -0.947. The van der Waals surface area contributed by atoms with Crippen molar-refractivity contribution in [2.24, 2.45) is 28.1 Å². The molecule has 0 bridgehead atoms. The van der Waals surface area contributed by atoms with Crippen LogP contribution in [0.3, 0.4) is 0 Å². The third-order valence-electron chi connectivity index (χ3n) is 8.18. The molecule has 2 atom stereocenters. The Morgan fingerprint density at radius 1 is 0.630 bits per heavy atom. The summed E-state index contributed by atoms with van der Waals surface area (Å²) in [4.78, 5) is 67.6. The van der Waals surface area contributed by atoms with Crippen LogP contribution in [-0.4, -0.2) is 72.5 Å². The molecule has 1 saturated carbocycles. The number of carboxylic acids is 2. The summed E-state index contributed by atoms with van der Waals surface area (Å²) in [7, 11) is 0. The Morgan fingerprint density at radius 3 is 1.33 bits per heavy atom. The van der Waals surface area contributed by atoms with Gasteiger partial charge in [0.2, 0.25) is 0 Å². The summed E-state index contributed by atoms with van der Waals surface area (Å²) in [5.74, 6) is -4.49. The summed E-state index contributed by atoms with van der Waals surface area (Å²) in [6.07, 6.45) is 4.76. The SMILES string of the molecule is C=C(C)C(=O)OCCOC(=O)C(C)(C)CC.CCC(C)(C)C(=O)O.CCC(C)(C)C(=O)OCCOC(=O)C1CCCCC1C(=O)O. The fourth-order valence-electron chi connectivity index (χ4n) is 3.31. The number of hydrogen-bond donors (Lipinski definition) is 2. The molecule has 2 N–H and O–H groups in total. The highest BCUT2D eigenvalue weighted by Crippen LogP contribution is 2.31. The monoisotopic (exact) mass is 658 g/mol. The third kappa shape index (κ3) is 17.3. The molecule has 1 rings (SSSR count). The molecular formula is C34H58O12. The van der Waals surface area contributed by atoms with Crippen molar-refractivity contribution in [3.63, 3.8) is 0 Å². The first kappa shape index (κ1) is 44.7. The molecule has 0 aromatic carbocycles.